The van der Waals surface area contributed by atoms with Crippen LogP contribution in [0.15, 0.2) is 41.7 Å². The van der Waals surface area contributed by atoms with Crippen molar-refractivity contribution >= 4 is 9.84 Å². The smallest absolute Gasteiger partial charge is 0.406 e. The van der Waals surface area contributed by atoms with E-state index in [4.69, 9.17) is 0 Å². The molecular formula is C12H9F3N2O3S. The maximum absolute atomic E-state index is 12.0. The van der Waals surface area contributed by atoms with Crippen molar-refractivity contribution in [2.75, 3.05) is 6.26 Å². The lowest BCUT2D eigenvalue weighted by atomic mass is 10.1. The molecule has 0 fully saturated rings. The minimum absolute atomic E-state index is 0.281. The van der Waals surface area contributed by atoms with Crippen LogP contribution in [-0.2, 0) is 9.84 Å². The zero-order valence-corrected chi connectivity index (χ0v) is 11.4. The summed E-state index contributed by atoms with van der Waals surface area (Å²) >= 11 is 0. The van der Waals surface area contributed by atoms with E-state index in [1.807, 2.05) is 0 Å². The molecule has 9 heteroatoms. The van der Waals surface area contributed by atoms with Gasteiger partial charge in [-0.15, -0.1) is 13.2 Å². The zero-order valence-electron chi connectivity index (χ0n) is 10.6. The van der Waals surface area contributed by atoms with Crippen LogP contribution in [-0.4, -0.2) is 31.0 Å². The number of hydrogen-bond acceptors (Lipinski definition) is 5. The summed E-state index contributed by atoms with van der Waals surface area (Å²) in [6.45, 7) is 0. The monoisotopic (exact) mass is 318 g/mol. The SMILES string of the molecule is CS(=O)(=O)c1nccc(-c2ccc(OC(F)(F)F)cc2)n1. The van der Waals surface area contributed by atoms with Crippen LogP contribution in [0, 0.1) is 0 Å². The van der Waals surface area contributed by atoms with E-state index >= 15 is 0 Å². The first-order valence-electron chi connectivity index (χ1n) is 5.54. The predicted octanol–water partition coefficient (Wildman–Crippen LogP) is 2.45. The number of nitrogens with zero attached hydrogens (tertiary/aromatic N) is 2. The lowest BCUT2D eigenvalue weighted by Crippen LogP contribution is -2.16. The third-order valence-corrected chi connectivity index (χ3v) is 3.21. The van der Waals surface area contributed by atoms with Gasteiger partial charge in [0, 0.05) is 18.0 Å². The number of hydrogen-bond donors (Lipinski definition) is 0. The molecule has 0 N–H and O–H groups in total. The largest absolute Gasteiger partial charge is 0.573 e. The van der Waals surface area contributed by atoms with E-state index in [0.717, 1.165) is 18.4 Å². The van der Waals surface area contributed by atoms with Gasteiger partial charge in [0.25, 0.3) is 0 Å². The van der Waals surface area contributed by atoms with Crippen molar-refractivity contribution in [3.05, 3.63) is 36.5 Å². The molecule has 112 valence electrons. The molecule has 2 rings (SSSR count). The quantitative estimate of drug-likeness (QED) is 0.813. The molecule has 1 heterocycles. The molecule has 21 heavy (non-hydrogen) atoms. The van der Waals surface area contributed by atoms with Gasteiger partial charge in [-0.05, 0) is 30.3 Å². The number of ether oxygens (including phenoxy) is 1. The van der Waals surface area contributed by atoms with Gasteiger partial charge in [0.05, 0.1) is 5.69 Å². The number of rotatable bonds is 3. The summed E-state index contributed by atoms with van der Waals surface area (Å²) < 4.78 is 62.6. The molecule has 0 radical (unpaired) electrons. The number of alkyl halides is 3. The molecule has 0 unspecified atom stereocenters. The topological polar surface area (TPSA) is 69.2 Å². The number of halogens is 3. The van der Waals surface area contributed by atoms with Gasteiger partial charge in [-0.25, -0.2) is 18.4 Å². The summed E-state index contributed by atoms with van der Waals surface area (Å²) in [5, 5.41) is -0.351. The Labute approximate surface area is 118 Å². The van der Waals surface area contributed by atoms with E-state index in [9.17, 15) is 21.6 Å². The van der Waals surface area contributed by atoms with Crippen LogP contribution in [0.2, 0.25) is 0 Å². The lowest BCUT2D eigenvalue weighted by molar-refractivity contribution is -0.274. The normalized spacial score (nSPS) is 12.2. The van der Waals surface area contributed by atoms with Crippen molar-refractivity contribution in [3.63, 3.8) is 0 Å². The first kappa shape index (κ1) is 15.2. The molecule has 0 amide bonds. The Morgan fingerprint density at radius 1 is 1.10 bits per heavy atom. The van der Waals surface area contributed by atoms with Crippen LogP contribution in [0.4, 0.5) is 13.2 Å². The predicted molar refractivity (Wildman–Crippen MR) is 67.3 cm³/mol. The molecule has 2 aromatic rings. The molecule has 1 aromatic carbocycles. The summed E-state index contributed by atoms with van der Waals surface area (Å²) in [6, 6.07) is 6.37. The Balaban J connectivity index is 2.31. The number of benzene rings is 1. The van der Waals surface area contributed by atoms with E-state index in [0.29, 0.717) is 5.56 Å². The Bertz CT molecular complexity index is 743. The molecule has 0 saturated heterocycles. The van der Waals surface area contributed by atoms with Crippen molar-refractivity contribution in [1.29, 1.82) is 0 Å². The van der Waals surface area contributed by atoms with E-state index in [-0.39, 0.29) is 16.6 Å². The van der Waals surface area contributed by atoms with Crippen LogP contribution in [0.25, 0.3) is 11.3 Å². The van der Waals surface area contributed by atoms with Gasteiger partial charge >= 0.3 is 6.36 Å². The zero-order chi connectivity index (χ0) is 15.7. The number of aromatic nitrogens is 2. The third kappa shape index (κ3) is 4.15. The van der Waals surface area contributed by atoms with Crippen molar-refractivity contribution in [3.8, 4) is 17.0 Å². The van der Waals surface area contributed by atoms with Crippen molar-refractivity contribution < 1.29 is 26.3 Å². The highest BCUT2D eigenvalue weighted by Gasteiger charge is 2.30. The van der Waals surface area contributed by atoms with Gasteiger partial charge < -0.3 is 4.74 Å². The summed E-state index contributed by atoms with van der Waals surface area (Å²) in [7, 11) is -3.56. The number of sulfone groups is 1. The summed E-state index contributed by atoms with van der Waals surface area (Å²) in [5.41, 5.74) is 0.723. The standard InChI is InChI=1S/C12H9F3N2O3S/c1-21(18,19)11-16-7-6-10(17-11)8-2-4-9(5-3-8)20-12(13,14)15/h2-7H,1H3. The van der Waals surface area contributed by atoms with E-state index in [1.54, 1.807) is 0 Å². The van der Waals surface area contributed by atoms with E-state index in [2.05, 4.69) is 14.7 Å². The molecular weight excluding hydrogens is 309 g/mol. The van der Waals surface area contributed by atoms with Crippen LogP contribution in [0.3, 0.4) is 0 Å². The first-order chi connectivity index (χ1) is 9.65. The highest BCUT2D eigenvalue weighted by Crippen LogP contribution is 2.25. The Hall–Kier alpha value is -2.16. The van der Waals surface area contributed by atoms with E-state index < -0.39 is 16.2 Å². The molecule has 0 atom stereocenters. The minimum Gasteiger partial charge on any atom is -0.406 e. The average molecular weight is 318 g/mol. The van der Waals surface area contributed by atoms with Crippen molar-refractivity contribution in [2.24, 2.45) is 0 Å². The molecule has 1 aromatic heterocycles. The van der Waals surface area contributed by atoms with E-state index in [1.165, 1.54) is 24.4 Å². The highest BCUT2D eigenvalue weighted by atomic mass is 32.2. The second-order valence-corrected chi connectivity index (χ2v) is 5.98. The van der Waals surface area contributed by atoms with Gasteiger partial charge in [0.15, 0.2) is 0 Å². The van der Waals surface area contributed by atoms with Crippen LogP contribution < -0.4 is 4.74 Å². The van der Waals surface area contributed by atoms with Crippen LogP contribution in [0.1, 0.15) is 0 Å². The molecule has 0 aliphatic heterocycles. The Morgan fingerprint density at radius 3 is 2.24 bits per heavy atom. The summed E-state index contributed by atoms with van der Waals surface area (Å²) in [5.74, 6) is -0.372. The third-order valence-electron chi connectivity index (χ3n) is 2.35. The maximum atomic E-state index is 12.0. The first-order valence-corrected chi connectivity index (χ1v) is 7.43. The molecule has 0 bridgehead atoms. The fourth-order valence-corrected chi connectivity index (χ4v) is 2.02. The lowest BCUT2D eigenvalue weighted by Gasteiger charge is -2.09. The van der Waals surface area contributed by atoms with Crippen LogP contribution >= 0.6 is 0 Å². The fraction of sp³-hybridized carbons (Fsp3) is 0.167. The van der Waals surface area contributed by atoms with Gasteiger partial charge in [-0.3, -0.25) is 0 Å². The molecule has 0 aliphatic carbocycles. The summed E-state index contributed by atoms with van der Waals surface area (Å²) in [6.07, 6.45) is -2.54. The van der Waals surface area contributed by atoms with Crippen molar-refractivity contribution in [1.82, 2.24) is 9.97 Å². The van der Waals surface area contributed by atoms with Gasteiger partial charge in [0.1, 0.15) is 5.75 Å². The Kier molecular flexibility index (Phi) is 3.86. The Morgan fingerprint density at radius 2 is 1.71 bits per heavy atom. The molecule has 5 nitrogen and oxygen atoms in total. The maximum Gasteiger partial charge on any atom is 0.573 e. The van der Waals surface area contributed by atoms with Crippen LogP contribution in [0.5, 0.6) is 5.75 Å². The minimum atomic E-state index is -4.76. The average Bonchev–Trinajstić information content (AvgIpc) is 2.37. The van der Waals surface area contributed by atoms with Gasteiger partial charge in [0.2, 0.25) is 15.0 Å². The molecule has 0 aliphatic rings. The highest BCUT2D eigenvalue weighted by molar-refractivity contribution is 7.90. The summed E-state index contributed by atoms with van der Waals surface area (Å²) in [4.78, 5) is 7.49. The second kappa shape index (κ2) is 5.32. The fourth-order valence-electron chi connectivity index (χ4n) is 1.51. The second-order valence-electron chi connectivity index (χ2n) is 4.07. The molecule has 0 spiro atoms. The van der Waals surface area contributed by atoms with Gasteiger partial charge in [-0.2, -0.15) is 0 Å². The molecule has 0 saturated carbocycles. The van der Waals surface area contributed by atoms with Gasteiger partial charge in [-0.1, -0.05) is 0 Å². The van der Waals surface area contributed by atoms with Crippen molar-refractivity contribution in [2.45, 2.75) is 11.5 Å².